The molecule has 1 heterocycles. The van der Waals surface area contributed by atoms with Gasteiger partial charge in [0, 0.05) is 4.47 Å². The maximum absolute atomic E-state index is 13.6. The second-order valence-corrected chi connectivity index (χ2v) is 5.94. The van der Waals surface area contributed by atoms with Crippen LogP contribution in [0.1, 0.15) is 10.4 Å². The van der Waals surface area contributed by atoms with Crippen LogP contribution in [0.15, 0.2) is 59.3 Å². The first kappa shape index (κ1) is 17.8. The van der Waals surface area contributed by atoms with E-state index < -0.39 is 5.82 Å². The van der Waals surface area contributed by atoms with E-state index in [0.717, 1.165) is 0 Å². The molecule has 3 aromatic rings. The van der Waals surface area contributed by atoms with Crippen LogP contribution in [0.2, 0.25) is 0 Å². The van der Waals surface area contributed by atoms with Crippen LogP contribution in [-0.4, -0.2) is 23.0 Å². The van der Waals surface area contributed by atoms with Gasteiger partial charge in [0.2, 0.25) is 0 Å². The predicted octanol–water partition coefficient (Wildman–Crippen LogP) is 4.43. The van der Waals surface area contributed by atoms with Crippen molar-refractivity contribution in [2.24, 2.45) is 0 Å². The maximum Gasteiger partial charge on any atom is 0.322 e. The predicted molar refractivity (Wildman–Crippen MR) is 97.2 cm³/mol. The van der Waals surface area contributed by atoms with E-state index in [0.29, 0.717) is 21.5 Å². The fourth-order valence-electron chi connectivity index (χ4n) is 2.06. The van der Waals surface area contributed by atoms with Crippen molar-refractivity contribution in [2.45, 2.75) is 0 Å². The van der Waals surface area contributed by atoms with Gasteiger partial charge < -0.3 is 14.8 Å². The number of halogens is 2. The third-order valence-corrected chi connectivity index (χ3v) is 4.03. The van der Waals surface area contributed by atoms with Crippen LogP contribution in [0.4, 0.5) is 10.1 Å². The Balaban J connectivity index is 1.71. The SMILES string of the molecule is COc1ccc(Br)c(C(=O)Nc2cnc(Oc3ccccc3F)nc2)c1. The summed E-state index contributed by atoms with van der Waals surface area (Å²) in [5.74, 6) is -0.300. The Bertz CT molecular complexity index is 935. The van der Waals surface area contributed by atoms with Crippen molar-refractivity contribution in [1.82, 2.24) is 9.97 Å². The van der Waals surface area contributed by atoms with Crippen molar-refractivity contribution in [3.05, 3.63) is 70.7 Å². The molecule has 3 rings (SSSR count). The van der Waals surface area contributed by atoms with Crippen LogP contribution >= 0.6 is 15.9 Å². The van der Waals surface area contributed by atoms with Crippen molar-refractivity contribution in [2.75, 3.05) is 12.4 Å². The van der Waals surface area contributed by atoms with Crippen LogP contribution < -0.4 is 14.8 Å². The Morgan fingerprint density at radius 1 is 1.15 bits per heavy atom. The van der Waals surface area contributed by atoms with E-state index in [2.05, 4.69) is 31.2 Å². The standard InChI is InChI=1S/C18H13BrFN3O3/c1-25-12-6-7-14(19)13(8-12)17(24)23-11-9-21-18(22-10-11)26-16-5-3-2-4-15(16)20/h2-10H,1H3,(H,23,24). The Labute approximate surface area is 157 Å². The number of carbonyl (C=O) groups is 1. The van der Waals surface area contributed by atoms with E-state index in [4.69, 9.17) is 9.47 Å². The van der Waals surface area contributed by atoms with Gasteiger partial charge in [-0.05, 0) is 46.3 Å². The number of benzene rings is 2. The zero-order chi connectivity index (χ0) is 18.5. The molecule has 0 aliphatic rings. The summed E-state index contributed by atoms with van der Waals surface area (Å²) < 4.78 is 24.6. The molecule has 0 aliphatic heterocycles. The molecule has 132 valence electrons. The normalized spacial score (nSPS) is 10.3. The molecule has 26 heavy (non-hydrogen) atoms. The highest BCUT2D eigenvalue weighted by Gasteiger charge is 2.13. The summed E-state index contributed by atoms with van der Waals surface area (Å²) in [7, 11) is 1.52. The zero-order valence-electron chi connectivity index (χ0n) is 13.6. The van der Waals surface area contributed by atoms with Crippen molar-refractivity contribution >= 4 is 27.5 Å². The van der Waals surface area contributed by atoms with Gasteiger partial charge >= 0.3 is 6.01 Å². The molecule has 8 heteroatoms. The Hall–Kier alpha value is -3.00. The number of aromatic nitrogens is 2. The molecule has 0 bridgehead atoms. The van der Waals surface area contributed by atoms with E-state index in [1.807, 2.05) is 0 Å². The minimum atomic E-state index is -0.517. The summed E-state index contributed by atoms with van der Waals surface area (Å²) in [5, 5.41) is 2.67. The summed E-state index contributed by atoms with van der Waals surface area (Å²) >= 11 is 3.33. The number of methoxy groups -OCH3 is 1. The van der Waals surface area contributed by atoms with Crippen molar-refractivity contribution in [3.8, 4) is 17.5 Å². The third kappa shape index (κ3) is 4.15. The summed E-state index contributed by atoms with van der Waals surface area (Å²) in [6.45, 7) is 0. The number of hydrogen-bond donors (Lipinski definition) is 1. The Kier molecular flexibility index (Phi) is 5.43. The highest BCUT2D eigenvalue weighted by atomic mass is 79.9. The number of rotatable bonds is 5. The fourth-order valence-corrected chi connectivity index (χ4v) is 2.49. The van der Waals surface area contributed by atoms with E-state index in [1.165, 1.54) is 31.6 Å². The number of para-hydroxylation sites is 1. The quantitative estimate of drug-likeness (QED) is 0.664. The minimum absolute atomic E-state index is 0.0181. The second kappa shape index (κ2) is 7.92. The minimum Gasteiger partial charge on any atom is -0.497 e. The van der Waals surface area contributed by atoms with Gasteiger partial charge in [-0.15, -0.1) is 0 Å². The molecule has 1 aromatic heterocycles. The number of hydrogen-bond acceptors (Lipinski definition) is 5. The molecule has 0 fully saturated rings. The van der Waals surface area contributed by atoms with Crippen molar-refractivity contribution < 1.29 is 18.7 Å². The van der Waals surface area contributed by atoms with Gasteiger partial charge in [-0.2, -0.15) is 0 Å². The molecule has 0 aliphatic carbocycles. The Morgan fingerprint density at radius 3 is 2.58 bits per heavy atom. The van der Waals surface area contributed by atoms with Gasteiger partial charge in [-0.1, -0.05) is 12.1 Å². The summed E-state index contributed by atoms with van der Waals surface area (Å²) in [6.07, 6.45) is 2.74. The lowest BCUT2D eigenvalue weighted by Gasteiger charge is -2.09. The molecule has 0 radical (unpaired) electrons. The fraction of sp³-hybridized carbons (Fsp3) is 0.0556. The van der Waals surface area contributed by atoms with Gasteiger partial charge in [0.15, 0.2) is 11.6 Å². The lowest BCUT2D eigenvalue weighted by atomic mass is 10.2. The van der Waals surface area contributed by atoms with Crippen LogP contribution in [0.3, 0.4) is 0 Å². The monoisotopic (exact) mass is 417 g/mol. The van der Waals surface area contributed by atoms with Gasteiger partial charge in [0.25, 0.3) is 5.91 Å². The molecular formula is C18H13BrFN3O3. The number of anilines is 1. The summed E-state index contributed by atoms with van der Waals surface area (Å²) in [4.78, 5) is 20.3. The van der Waals surface area contributed by atoms with Crippen LogP contribution in [0, 0.1) is 5.82 Å². The molecule has 6 nitrogen and oxygen atoms in total. The van der Waals surface area contributed by atoms with Gasteiger partial charge in [0.05, 0.1) is 30.8 Å². The Morgan fingerprint density at radius 2 is 1.88 bits per heavy atom. The topological polar surface area (TPSA) is 73.3 Å². The van der Waals surface area contributed by atoms with Gasteiger partial charge in [-0.25, -0.2) is 14.4 Å². The van der Waals surface area contributed by atoms with Crippen LogP contribution in [-0.2, 0) is 0 Å². The number of carbonyl (C=O) groups excluding carboxylic acids is 1. The van der Waals surface area contributed by atoms with E-state index in [9.17, 15) is 9.18 Å². The molecular weight excluding hydrogens is 405 g/mol. The molecule has 0 saturated carbocycles. The van der Waals surface area contributed by atoms with Crippen LogP contribution in [0.5, 0.6) is 17.5 Å². The average molecular weight is 418 g/mol. The molecule has 1 N–H and O–H groups in total. The van der Waals surface area contributed by atoms with Crippen molar-refractivity contribution in [1.29, 1.82) is 0 Å². The molecule has 0 unspecified atom stereocenters. The molecule has 2 aromatic carbocycles. The smallest absolute Gasteiger partial charge is 0.322 e. The summed E-state index contributed by atoms with van der Waals surface area (Å²) in [6, 6.07) is 11.0. The lowest BCUT2D eigenvalue weighted by Crippen LogP contribution is -2.13. The lowest BCUT2D eigenvalue weighted by molar-refractivity contribution is 0.102. The maximum atomic E-state index is 13.6. The first-order chi connectivity index (χ1) is 12.6. The van der Waals surface area contributed by atoms with Crippen molar-refractivity contribution in [3.63, 3.8) is 0 Å². The average Bonchev–Trinajstić information content (AvgIpc) is 2.65. The number of nitrogens with one attached hydrogen (secondary N) is 1. The van der Waals surface area contributed by atoms with Gasteiger partial charge in [-0.3, -0.25) is 4.79 Å². The first-order valence-electron chi connectivity index (χ1n) is 7.46. The zero-order valence-corrected chi connectivity index (χ0v) is 15.2. The number of ether oxygens (including phenoxy) is 2. The van der Waals surface area contributed by atoms with E-state index >= 15 is 0 Å². The molecule has 0 saturated heterocycles. The van der Waals surface area contributed by atoms with Gasteiger partial charge in [0.1, 0.15) is 5.75 Å². The molecule has 1 amide bonds. The molecule has 0 atom stereocenters. The van der Waals surface area contributed by atoms with E-state index in [1.54, 1.807) is 30.3 Å². The second-order valence-electron chi connectivity index (χ2n) is 5.09. The van der Waals surface area contributed by atoms with Crippen LogP contribution in [0.25, 0.3) is 0 Å². The summed E-state index contributed by atoms with van der Waals surface area (Å²) in [5.41, 5.74) is 0.765. The first-order valence-corrected chi connectivity index (χ1v) is 8.25. The number of nitrogens with zero attached hydrogens (tertiary/aromatic N) is 2. The largest absolute Gasteiger partial charge is 0.497 e. The number of amides is 1. The molecule has 0 spiro atoms. The highest BCUT2D eigenvalue weighted by Crippen LogP contribution is 2.24. The van der Waals surface area contributed by atoms with E-state index in [-0.39, 0.29) is 17.7 Å². The highest BCUT2D eigenvalue weighted by molar-refractivity contribution is 9.10. The third-order valence-electron chi connectivity index (χ3n) is 3.34.